The van der Waals surface area contributed by atoms with Crippen molar-refractivity contribution in [3.63, 3.8) is 0 Å². The number of likely N-dealkylation sites (N-methyl/N-ethyl adjacent to an activating group) is 1. The Bertz CT molecular complexity index is 1030. The van der Waals surface area contributed by atoms with Crippen LogP contribution in [0.25, 0.3) is 11.1 Å². The Morgan fingerprint density at radius 3 is 1.69 bits per heavy atom. The van der Waals surface area contributed by atoms with Crippen molar-refractivity contribution in [3.8, 4) is 11.1 Å². The van der Waals surface area contributed by atoms with Crippen molar-refractivity contribution in [2.75, 3.05) is 79.7 Å². The summed E-state index contributed by atoms with van der Waals surface area (Å²) in [5, 5.41) is 0. The van der Waals surface area contributed by atoms with E-state index in [1.54, 1.807) is 14.0 Å². The summed E-state index contributed by atoms with van der Waals surface area (Å²) in [6, 6.07) is 16.5. The Balaban J connectivity index is 1.16. The third-order valence-electron chi connectivity index (χ3n) is 6.14. The third kappa shape index (κ3) is 9.78. The minimum Gasteiger partial charge on any atom is -0.460 e. The van der Waals surface area contributed by atoms with E-state index in [1.807, 2.05) is 24.3 Å². The zero-order valence-electron chi connectivity index (χ0n) is 22.9. The second-order valence-electron chi connectivity index (χ2n) is 9.09. The van der Waals surface area contributed by atoms with E-state index in [4.69, 9.17) is 28.4 Å². The summed E-state index contributed by atoms with van der Waals surface area (Å²) >= 11 is 0. The van der Waals surface area contributed by atoms with Crippen molar-refractivity contribution in [3.05, 3.63) is 71.8 Å². The SMILES string of the molecule is C=C(C)C(=O)OCCOCCOCCOCCOCCN(C)C(=O)OCC1c2ccccc2-c2ccccc21. The summed E-state index contributed by atoms with van der Waals surface area (Å²) in [4.78, 5) is 25.2. The Hall–Kier alpha value is -3.24. The molecule has 1 aliphatic carbocycles. The van der Waals surface area contributed by atoms with Crippen LogP contribution in [-0.4, -0.2) is 96.6 Å². The highest BCUT2D eigenvalue weighted by atomic mass is 16.6. The van der Waals surface area contributed by atoms with Gasteiger partial charge in [-0.2, -0.15) is 0 Å². The van der Waals surface area contributed by atoms with Crippen LogP contribution in [0.4, 0.5) is 4.79 Å². The van der Waals surface area contributed by atoms with Crippen molar-refractivity contribution in [2.24, 2.45) is 0 Å². The molecule has 9 heteroatoms. The van der Waals surface area contributed by atoms with Gasteiger partial charge in [0.25, 0.3) is 0 Å². The molecule has 2 aromatic rings. The van der Waals surface area contributed by atoms with Crippen LogP contribution in [0.1, 0.15) is 24.0 Å². The molecule has 0 fully saturated rings. The molecule has 0 unspecified atom stereocenters. The number of rotatable bonds is 18. The number of amides is 1. The summed E-state index contributed by atoms with van der Waals surface area (Å²) in [6.45, 7) is 9.29. The highest BCUT2D eigenvalue weighted by Gasteiger charge is 2.29. The number of nitrogens with zero attached hydrogens (tertiary/aromatic N) is 1. The van der Waals surface area contributed by atoms with E-state index >= 15 is 0 Å². The molecule has 0 radical (unpaired) electrons. The molecule has 0 aromatic heterocycles. The molecule has 2 aromatic carbocycles. The van der Waals surface area contributed by atoms with Crippen LogP contribution in [0.15, 0.2) is 60.7 Å². The molecule has 39 heavy (non-hydrogen) atoms. The second kappa shape index (κ2) is 16.7. The standard InChI is InChI=1S/C30H39NO8/c1-23(2)29(32)38-21-20-37-19-18-36-17-16-35-15-14-34-13-12-31(3)30(33)39-22-28-26-10-6-4-8-24(26)25-9-5-7-11-27(25)28/h4-11,28H,1,12-22H2,2-3H3. The average molecular weight is 542 g/mol. The van der Waals surface area contributed by atoms with Crippen molar-refractivity contribution in [2.45, 2.75) is 12.8 Å². The predicted molar refractivity (Wildman–Crippen MR) is 147 cm³/mol. The molecule has 9 nitrogen and oxygen atoms in total. The molecule has 0 N–H and O–H groups in total. The van der Waals surface area contributed by atoms with Crippen LogP contribution < -0.4 is 0 Å². The van der Waals surface area contributed by atoms with Gasteiger partial charge in [-0.25, -0.2) is 9.59 Å². The Morgan fingerprint density at radius 2 is 1.18 bits per heavy atom. The summed E-state index contributed by atoms with van der Waals surface area (Å²) in [5.74, 6) is -0.378. The molecule has 0 heterocycles. The lowest BCUT2D eigenvalue weighted by Gasteiger charge is -2.19. The normalized spacial score (nSPS) is 12.1. The van der Waals surface area contributed by atoms with Gasteiger partial charge < -0.3 is 33.3 Å². The summed E-state index contributed by atoms with van der Waals surface area (Å²) in [5.41, 5.74) is 5.15. The van der Waals surface area contributed by atoms with Gasteiger partial charge in [-0.15, -0.1) is 0 Å². The fraction of sp³-hybridized carbons (Fsp3) is 0.467. The highest BCUT2D eigenvalue weighted by Crippen LogP contribution is 2.44. The predicted octanol–water partition coefficient (Wildman–Crippen LogP) is 4.05. The average Bonchev–Trinajstić information content (AvgIpc) is 3.27. The zero-order valence-corrected chi connectivity index (χ0v) is 22.9. The number of esters is 1. The van der Waals surface area contributed by atoms with E-state index < -0.39 is 5.97 Å². The van der Waals surface area contributed by atoms with Crippen LogP contribution in [0, 0.1) is 0 Å². The number of carbonyl (C=O) groups is 2. The molecule has 3 rings (SSSR count). The first-order valence-electron chi connectivity index (χ1n) is 13.2. The van der Waals surface area contributed by atoms with Crippen molar-refractivity contribution < 1.29 is 38.0 Å². The quantitative estimate of drug-likeness (QED) is 0.159. The van der Waals surface area contributed by atoms with Crippen molar-refractivity contribution >= 4 is 12.1 Å². The monoisotopic (exact) mass is 541 g/mol. The number of ether oxygens (including phenoxy) is 6. The van der Waals surface area contributed by atoms with E-state index in [0.29, 0.717) is 71.6 Å². The summed E-state index contributed by atoms with van der Waals surface area (Å²) in [7, 11) is 1.70. The molecular formula is C30H39NO8. The zero-order chi connectivity index (χ0) is 27.9. The van der Waals surface area contributed by atoms with Gasteiger partial charge in [0.15, 0.2) is 0 Å². The maximum absolute atomic E-state index is 12.5. The lowest BCUT2D eigenvalue weighted by molar-refractivity contribution is -0.140. The molecule has 0 aliphatic heterocycles. The van der Waals surface area contributed by atoms with Gasteiger partial charge in [-0.3, -0.25) is 0 Å². The second-order valence-corrected chi connectivity index (χ2v) is 9.09. The van der Waals surface area contributed by atoms with E-state index in [2.05, 4.69) is 30.8 Å². The molecule has 0 atom stereocenters. The van der Waals surface area contributed by atoms with Crippen LogP contribution in [0.3, 0.4) is 0 Å². The van der Waals surface area contributed by atoms with Crippen LogP contribution in [0.2, 0.25) is 0 Å². The van der Waals surface area contributed by atoms with E-state index in [1.165, 1.54) is 27.2 Å². The molecular weight excluding hydrogens is 502 g/mol. The van der Waals surface area contributed by atoms with Crippen LogP contribution in [-0.2, 0) is 33.2 Å². The minimum absolute atomic E-state index is 0.0398. The molecule has 0 saturated heterocycles. The number of carbonyl (C=O) groups excluding carboxylic acids is 2. The number of hydrogen-bond donors (Lipinski definition) is 0. The fourth-order valence-electron chi connectivity index (χ4n) is 4.08. The maximum Gasteiger partial charge on any atom is 0.409 e. The first-order valence-corrected chi connectivity index (χ1v) is 13.2. The van der Waals surface area contributed by atoms with Crippen molar-refractivity contribution in [1.82, 2.24) is 4.90 Å². The fourth-order valence-corrected chi connectivity index (χ4v) is 4.08. The topological polar surface area (TPSA) is 92.8 Å². The van der Waals surface area contributed by atoms with Gasteiger partial charge in [-0.1, -0.05) is 55.1 Å². The molecule has 212 valence electrons. The molecule has 0 spiro atoms. The summed E-state index contributed by atoms with van der Waals surface area (Å²) in [6.07, 6.45) is -0.370. The number of hydrogen-bond acceptors (Lipinski definition) is 8. The Morgan fingerprint density at radius 1 is 0.718 bits per heavy atom. The van der Waals surface area contributed by atoms with Crippen molar-refractivity contribution in [1.29, 1.82) is 0 Å². The third-order valence-corrected chi connectivity index (χ3v) is 6.14. The van der Waals surface area contributed by atoms with Gasteiger partial charge in [0.2, 0.25) is 0 Å². The Kier molecular flexibility index (Phi) is 12.9. The van der Waals surface area contributed by atoms with Gasteiger partial charge in [0, 0.05) is 25.1 Å². The van der Waals surface area contributed by atoms with Crippen LogP contribution >= 0.6 is 0 Å². The van der Waals surface area contributed by atoms with Gasteiger partial charge in [0.1, 0.15) is 13.2 Å². The van der Waals surface area contributed by atoms with Gasteiger partial charge in [-0.05, 0) is 29.2 Å². The first-order chi connectivity index (χ1) is 19.0. The molecule has 1 amide bonds. The van der Waals surface area contributed by atoms with E-state index in [-0.39, 0.29) is 18.6 Å². The smallest absolute Gasteiger partial charge is 0.409 e. The maximum atomic E-state index is 12.5. The van der Waals surface area contributed by atoms with Crippen LogP contribution in [0.5, 0.6) is 0 Å². The molecule has 1 aliphatic rings. The first kappa shape index (κ1) is 30.3. The van der Waals surface area contributed by atoms with Gasteiger partial charge >= 0.3 is 12.1 Å². The lowest BCUT2D eigenvalue weighted by atomic mass is 9.98. The van der Waals surface area contributed by atoms with E-state index in [0.717, 1.165) is 0 Å². The summed E-state index contributed by atoms with van der Waals surface area (Å²) < 4.78 is 32.3. The minimum atomic E-state index is -0.418. The number of benzene rings is 2. The largest absolute Gasteiger partial charge is 0.460 e. The van der Waals surface area contributed by atoms with E-state index in [9.17, 15) is 9.59 Å². The molecule has 0 saturated carbocycles. The lowest BCUT2D eigenvalue weighted by Crippen LogP contribution is -2.32. The Labute approximate surface area is 230 Å². The molecule has 0 bridgehead atoms. The highest BCUT2D eigenvalue weighted by molar-refractivity contribution is 5.86. The van der Waals surface area contributed by atoms with Gasteiger partial charge in [0.05, 0.1) is 52.9 Å². The number of fused-ring (bicyclic) bond motifs is 3.